The zero-order chi connectivity index (χ0) is 16.2. The Morgan fingerprint density at radius 1 is 1.32 bits per heavy atom. The van der Waals surface area contributed by atoms with E-state index in [4.69, 9.17) is 5.73 Å². The monoisotopic (exact) mass is 309 g/mol. The molecule has 0 aliphatic rings. The molecule has 0 aromatic carbocycles. The summed E-state index contributed by atoms with van der Waals surface area (Å²) in [6.07, 6.45) is 4.83. The average Bonchev–Trinajstić information content (AvgIpc) is 3.05. The maximum absolute atomic E-state index is 11.5. The van der Waals surface area contributed by atoms with Gasteiger partial charge >= 0.3 is 12.1 Å². The lowest BCUT2D eigenvalue weighted by Crippen LogP contribution is -2.40. The smallest absolute Gasteiger partial charge is 0.343 e. The van der Waals surface area contributed by atoms with Crippen LogP contribution in [0.1, 0.15) is 0 Å². The predicted molar refractivity (Wildman–Crippen MR) is 79.8 cm³/mol. The van der Waals surface area contributed by atoms with Gasteiger partial charge in [0.1, 0.15) is 19.0 Å². The molecule has 0 fully saturated rings. The number of nitrogens with two attached hydrogens (primary N) is 1. The number of carbonyl (C=O) groups excluding carboxylic acids is 2. The van der Waals surface area contributed by atoms with Crippen molar-refractivity contribution in [1.82, 2.24) is 35.7 Å². The van der Waals surface area contributed by atoms with Crippen molar-refractivity contribution >= 4 is 18.4 Å². The molecule has 0 radical (unpaired) electrons. The molecule has 0 aliphatic heterocycles. The zero-order valence-electron chi connectivity index (χ0n) is 12.0. The molecule has 1 rings (SSSR count). The summed E-state index contributed by atoms with van der Waals surface area (Å²) in [6.45, 7) is 5.32. The maximum Gasteiger partial charge on any atom is 0.343 e. The average molecular weight is 309 g/mol. The van der Waals surface area contributed by atoms with Crippen molar-refractivity contribution in [3.8, 4) is 0 Å². The molecular weight excluding hydrogens is 290 g/mol. The number of hydrogen-bond acceptors (Lipinski definition) is 6. The molecule has 11 heteroatoms. The predicted octanol–water partition coefficient (Wildman–Crippen LogP) is -1.52. The fraction of sp³-hybridized carbons (Fsp3) is 0.364. The lowest BCUT2D eigenvalue weighted by atomic mass is 10.5. The molecule has 1 heterocycles. The standard InChI is InChI=1S/C11H19N9O2/c1-2-19(17-7-12)10(21)15-5-3-13-4-6-16-11(22)20-9-14-8-18-20/h2,7-9,13H,1,3-6H2,(H2,12,17)(H,15,21)(H,16,22). The van der Waals surface area contributed by atoms with Gasteiger partial charge in [-0.2, -0.15) is 19.9 Å². The molecule has 5 N–H and O–H groups in total. The Morgan fingerprint density at radius 2 is 2.05 bits per heavy atom. The van der Waals surface area contributed by atoms with Gasteiger partial charge in [0.15, 0.2) is 0 Å². The molecule has 1 aromatic heterocycles. The number of amides is 3. The first-order chi connectivity index (χ1) is 10.7. The summed E-state index contributed by atoms with van der Waals surface area (Å²) < 4.78 is 1.10. The van der Waals surface area contributed by atoms with Gasteiger partial charge in [-0.25, -0.2) is 14.6 Å². The lowest BCUT2D eigenvalue weighted by Gasteiger charge is -2.12. The number of rotatable bonds is 8. The Bertz CT molecular complexity index is 500. The Kier molecular flexibility index (Phi) is 7.68. The number of hydrogen-bond donors (Lipinski definition) is 4. The van der Waals surface area contributed by atoms with Gasteiger partial charge in [0.05, 0.1) is 0 Å². The Labute approximate surface area is 127 Å². The highest BCUT2D eigenvalue weighted by molar-refractivity contribution is 5.76. The van der Waals surface area contributed by atoms with E-state index in [-0.39, 0.29) is 6.03 Å². The van der Waals surface area contributed by atoms with E-state index >= 15 is 0 Å². The minimum absolute atomic E-state index is 0.353. The highest BCUT2D eigenvalue weighted by Gasteiger charge is 2.06. The Balaban J connectivity index is 2.05. The van der Waals surface area contributed by atoms with Crippen molar-refractivity contribution in [2.24, 2.45) is 10.8 Å². The normalized spacial score (nSPS) is 10.4. The third kappa shape index (κ3) is 6.00. The second-order valence-electron chi connectivity index (χ2n) is 3.85. The molecule has 1 aromatic rings. The summed E-state index contributed by atoms with van der Waals surface area (Å²) in [5.74, 6) is 0. The summed E-state index contributed by atoms with van der Waals surface area (Å²) in [5, 5.41) is 16.6. The van der Waals surface area contributed by atoms with Gasteiger partial charge in [-0.1, -0.05) is 6.58 Å². The summed E-state index contributed by atoms with van der Waals surface area (Å²) in [7, 11) is 0. The van der Waals surface area contributed by atoms with E-state index in [0.717, 1.165) is 16.0 Å². The molecule has 3 amide bonds. The molecule has 0 aliphatic carbocycles. The van der Waals surface area contributed by atoms with Crippen LogP contribution in [0.5, 0.6) is 0 Å². The van der Waals surface area contributed by atoms with Crippen LogP contribution in [-0.2, 0) is 0 Å². The van der Waals surface area contributed by atoms with Crippen LogP contribution in [0.15, 0.2) is 30.5 Å². The van der Waals surface area contributed by atoms with Crippen LogP contribution in [0, 0.1) is 0 Å². The van der Waals surface area contributed by atoms with Crippen molar-refractivity contribution in [3.05, 3.63) is 25.4 Å². The summed E-state index contributed by atoms with van der Waals surface area (Å²) in [5.41, 5.74) is 5.09. The first-order valence-electron chi connectivity index (χ1n) is 6.46. The molecule has 11 nitrogen and oxygen atoms in total. The molecule has 0 atom stereocenters. The van der Waals surface area contributed by atoms with E-state index in [1.807, 2.05) is 0 Å². The van der Waals surface area contributed by atoms with Crippen molar-refractivity contribution in [2.45, 2.75) is 0 Å². The van der Waals surface area contributed by atoms with E-state index in [0.29, 0.717) is 26.2 Å². The molecule has 0 spiro atoms. The lowest BCUT2D eigenvalue weighted by molar-refractivity contribution is 0.217. The van der Waals surface area contributed by atoms with Crippen LogP contribution < -0.4 is 21.7 Å². The fourth-order valence-corrected chi connectivity index (χ4v) is 1.37. The van der Waals surface area contributed by atoms with Crippen molar-refractivity contribution in [1.29, 1.82) is 0 Å². The molecule has 0 saturated heterocycles. The van der Waals surface area contributed by atoms with Crippen molar-refractivity contribution < 1.29 is 9.59 Å². The van der Waals surface area contributed by atoms with Gasteiger partial charge in [0.2, 0.25) is 0 Å². The third-order valence-electron chi connectivity index (χ3n) is 2.35. The van der Waals surface area contributed by atoms with Gasteiger partial charge in [-0.05, 0) is 0 Å². The van der Waals surface area contributed by atoms with Gasteiger partial charge in [0, 0.05) is 32.4 Å². The quantitative estimate of drug-likeness (QED) is 0.199. The second-order valence-corrected chi connectivity index (χ2v) is 3.85. The minimum atomic E-state index is -0.432. The van der Waals surface area contributed by atoms with E-state index in [9.17, 15) is 9.59 Å². The first kappa shape index (κ1) is 17.1. The van der Waals surface area contributed by atoms with Crippen molar-refractivity contribution in [2.75, 3.05) is 26.2 Å². The minimum Gasteiger partial charge on any atom is -0.388 e. The second kappa shape index (κ2) is 9.88. The highest BCUT2D eigenvalue weighted by atomic mass is 16.2. The maximum atomic E-state index is 11.5. The summed E-state index contributed by atoms with van der Waals surface area (Å²) in [6, 6.07) is -0.785. The van der Waals surface area contributed by atoms with Gasteiger partial charge in [-0.3, -0.25) is 0 Å². The topological polar surface area (TPSA) is 143 Å². The van der Waals surface area contributed by atoms with Crippen LogP contribution in [0.25, 0.3) is 0 Å². The largest absolute Gasteiger partial charge is 0.388 e. The molecule has 0 bridgehead atoms. The van der Waals surface area contributed by atoms with E-state index in [1.54, 1.807) is 0 Å². The molecule has 120 valence electrons. The van der Waals surface area contributed by atoms with E-state index in [2.05, 4.69) is 37.7 Å². The number of hydrazone groups is 1. The molecular formula is C11H19N9O2. The molecule has 0 unspecified atom stereocenters. The van der Waals surface area contributed by atoms with Gasteiger partial charge in [0.25, 0.3) is 0 Å². The van der Waals surface area contributed by atoms with Crippen LogP contribution in [0.3, 0.4) is 0 Å². The highest BCUT2D eigenvalue weighted by Crippen LogP contribution is 1.88. The van der Waals surface area contributed by atoms with Gasteiger partial charge in [-0.15, -0.1) is 0 Å². The van der Waals surface area contributed by atoms with Crippen LogP contribution in [-0.4, -0.2) is 64.4 Å². The molecule has 22 heavy (non-hydrogen) atoms. The number of nitrogens with zero attached hydrogens (tertiary/aromatic N) is 5. The zero-order valence-corrected chi connectivity index (χ0v) is 12.0. The first-order valence-corrected chi connectivity index (χ1v) is 6.46. The molecule has 0 saturated carbocycles. The number of nitrogens with one attached hydrogen (secondary N) is 3. The fourth-order valence-electron chi connectivity index (χ4n) is 1.37. The Morgan fingerprint density at radius 3 is 2.64 bits per heavy atom. The summed E-state index contributed by atoms with van der Waals surface area (Å²) >= 11 is 0. The van der Waals surface area contributed by atoms with E-state index < -0.39 is 6.03 Å². The van der Waals surface area contributed by atoms with Crippen molar-refractivity contribution in [3.63, 3.8) is 0 Å². The van der Waals surface area contributed by atoms with Crippen LogP contribution in [0.4, 0.5) is 9.59 Å². The summed E-state index contributed by atoms with van der Waals surface area (Å²) in [4.78, 5) is 26.7. The van der Waals surface area contributed by atoms with Crippen LogP contribution in [0.2, 0.25) is 0 Å². The third-order valence-corrected chi connectivity index (χ3v) is 2.35. The van der Waals surface area contributed by atoms with Gasteiger partial charge < -0.3 is 21.7 Å². The number of urea groups is 1. The SMILES string of the molecule is C=CN(/N=C\N)C(=O)NCCNCCNC(=O)n1cncn1. The Hall–Kier alpha value is -2.95. The van der Waals surface area contributed by atoms with E-state index in [1.165, 1.54) is 18.9 Å². The number of carbonyl (C=O) groups is 2. The van der Waals surface area contributed by atoms with Crippen LogP contribution >= 0.6 is 0 Å². The number of aromatic nitrogens is 3.